The van der Waals surface area contributed by atoms with Crippen molar-refractivity contribution in [2.45, 2.75) is 50.5 Å². The minimum atomic E-state index is -1.69. The van der Waals surface area contributed by atoms with Crippen LogP contribution in [0.2, 0.25) is 0 Å². The summed E-state index contributed by atoms with van der Waals surface area (Å²) in [5.74, 6) is -1.20. The largest absolute Gasteiger partial charge is 0.388 e. The molecule has 2 N–H and O–H groups in total. The highest BCUT2D eigenvalue weighted by atomic mass is 79.9. The Morgan fingerprint density at radius 3 is 2.61 bits per heavy atom. The number of aliphatic hydroxyl groups excluding tert-OH is 1. The Hall–Kier alpha value is -1.11. The number of carbonyl (C=O) groups is 3. The van der Waals surface area contributed by atoms with Crippen molar-refractivity contribution >= 4 is 33.3 Å². The van der Waals surface area contributed by atoms with E-state index >= 15 is 0 Å². The third-order valence-corrected chi connectivity index (χ3v) is 9.26. The van der Waals surface area contributed by atoms with Gasteiger partial charge in [-0.25, -0.2) is 0 Å². The van der Waals surface area contributed by atoms with E-state index in [1.54, 1.807) is 12.2 Å². The van der Waals surface area contributed by atoms with Gasteiger partial charge in [-0.2, -0.15) is 0 Å². The first-order chi connectivity index (χ1) is 13.0. The van der Waals surface area contributed by atoms with Crippen LogP contribution >= 0.6 is 15.9 Å². The number of Topliss-reactive ketones (excluding diaryl/α,β-unsaturated/α-hetero) is 2. The van der Waals surface area contributed by atoms with Crippen LogP contribution < -0.4 is 0 Å². The molecule has 152 valence electrons. The fraction of sp³-hybridized carbons (Fsp3) is 0.682. The number of hydrogen-bond donors (Lipinski definition) is 2. The SMILES string of the molecule is C[C@@H]1C[C@H]2[C@@H]3CC(Br)C4=CC(=O)C=C[C@]4(C)[C@H]3C(=O)C[C@]2(C)[C@@]1(O)C(=O)CO. The minimum absolute atomic E-state index is 0.00130. The summed E-state index contributed by atoms with van der Waals surface area (Å²) >= 11 is 3.74. The van der Waals surface area contributed by atoms with Crippen LogP contribution in [0.5, 0.6) is 0 Å². The van der Waals surface area contributed by atoms with Crippen molar-refractivity contribution in [2.75, 3.05) is 6.61 Å². The second-order valence-electron chi connectivity index (χ2n) is 9.61. The zero-order valence-electron chi connectivity index (χ0n) is 16.4. The lowest BCUT2D eigenvalue weighted by atomic mass is 9.46. The van der Waals surface area contributed by atoms with E-state index < -0.39 is 28.8 Å². The molecule has 0 aromatic rings. The number of rotatable bonds is 2. The number of fused-ring (bicyclic) bond motifs is 5. The standard InChI is InChI=1S/C22H27BrO5/c1-11-6-14-13-8-16(23)15-7-12(25)4-5-20(15,2)19(13)17(26)9-21(14,3)22(11,28)18(27)10-24/h4-5,7,11,13-14,16,19,24,28H,6,8-10H2,1-3H3/t11-,13+,14+,16?,19-,20+,21+,22+/m1/s1. The summed E-state index contributed by atoms with van der Waals surface area (Å²) in [6, 6.07) is 0. The lowest BCUT2D eigenvalue weighted by molar-refractivity contribution is -0.173. The van der Waals surface area contributed by atoms with Crippen LogP contribution in [0.3, 0.4) is 0 Å². The van der Waals surface area contributed by atoms with Gasteiger partial charge in [0.05, 0.1) is 0 Å². The van der Waals surface area contributed by atoms with Crippen molar-refractivity contribution in [3.05, 3.63) is 23.8 Å². The van der Waals surface area contributed by atoms with Crippen LogP contribution in [0.15, 0.2) is 23.8 Å². The van der Waals surface area contributed by atoms with Gasteiger partial charge in [0.1, 0.15) is 18.0 Å². The van der Waals surface area contributed by atoms with Crippen molar-refractivity contribution < 1.29 is 24.6 Å². The Labute approximate surface area is 173 Å². The first-order valence-corrected chi connectivity index (χ1v) is 10.9. The maximum absolute atomic E-state index is 13.5. The third-order valence-electron chi connectivity index (χ3n) is 8.39. The molecule has 0 aliphatic heterocycles. The van der Waals surface area contributed by atoms with E-state index in [2.05, 4.69) is 15.9 Å². The van der Waals surface area contributed by atoms with Crippen molar-refractivity contribution in [1.29, 1.82) is 0 Å². The van der Waals surface area contributed by atoms with Gasteiger partial charge in [0, 0.05) is 28.0 Å². The highest BCUT2D eigenvalue weighted by Crippen LogP contribution is 2.67. The maximum atomic E-state index is 13.5. The van der Waals surface area contributed by atoms with Crippen LogP contribution in [0.4, 0.5) is 0 Å². The molecule has 28 heavy (non-hydrogen) atoms. The van der Waals surface area contributed by atoms with E-state index in [0.717, 1.165) is 5.57 Å². The van der Waals surface area contributed by atoms with Crippen LogP contribution in [-0.2, 0) is 14.4 Å². The first kappa shape index (κ1) is 20.2. The lowest BCUT2D eigenvalue weighted by Gasteiger charge is -2.57. The van der Waals surface area contributed by atoms with Gasteiger partial charge >= 0.3 is 0 Å². The highest BCUT2D eigenvalue weighted by molar-refractivity contribution is 9.09. The average molecular weight is 451 g/mol. The molecule has 8 atom stereocenters. The van der Waals surface area contributed by atoms with Gasteiger partial charge in [-0.1, -0.05) is 42.8 Å². The van der Waals surface area contributed by atoms with Crippen molar-refractivity contribution in [1.82, 2.24) is 0 Å². The van der Waals surface area contributed by atoms with Crippen molar-refractivity contribution in [2.24, 2.45) is 34.5 Å². The summed E-state index contributed by atoms with van der Waals surface area (Å²) in [6.45, 7) is 5.00. The molecule has 0 radical (unpaired) electrons. The summed E-state index contributed by atoms with van der Waals surface area (Å²) < 4.78 is 0. The molecule has 0 saturated heterocycles. The Morgan fingerprint density at radius 1 is 1.29 bits per heavy atom. The molecule has 0 amide bonds. The number of aliphatic hydroxyl groups is 2. The molecule has 1 unspecified atom stereocenters. The van der Waals surface area contributed by atoms with Crippen molar-refractivity contribution in [3.8, 4) is 0 Å². The fourth-order valence-electron chi connectivity index (χ4n) is 7.09. The summed E-state index contributed by atoms with van der Waals surface area (Å²) in [5.41, 5.74) is -2.16. The number of ketones is 3. The zero-order valence-corrected chi connectivity index (χ0v) is 18.0. The number of hydrogen-bond acceptors (Lipinski definition) is 5. The number of allylic oxidation sites excluding steroid dienone is 4. The first-order valence-electron chi connectivity index (χ1n) is 9.99. The van der Waals surface area contributed by atoms with E-state index in [1.165, 1.54) is 0 Å². The van der Waals surface area contributed by atoms with Gasteiger partial charge in [-0.15, -0.1) is 0 Å². The minimum Gasteiger partial charge on any atom is -0.388 e. The average Bonchev–Trinajstić information content (AvgIpc) is 2.83. The lowest BCUT2D eigenvalue weighted by Crippen LogP contribution is -2.62. The van der Waals surface area contributed by atoms with Gasteiger partial charge in [0.15, 0.2) is 11.6 Å². The topological polar surface area (TPSA) is 91.7 Å². The highest BCUT2D eigenvalue weighted by Gasteiger charge is 2.71. The van der Waals surface area contributed by atoms with E-state index in [4.69, 9.17) is 0 Å². The normalized spacial score (nSPS) is 49.9. The predicted molar refractivity (Wildman–Crippen MR) is 107 cm³/mol. The predicted octanol–water partition coefficient (Wildman–Crippen LogP) is 2.39. The van der Waals surface area contributed by atoms with Crippen LogP contribution in [0.25, 0.3) is 0 Å². The molecule has 0 heterocycles. The summed E-state index contributed by atoms with van der Waals surface area (Å²) in [6.07, 6.45) is 6.53. The number of halogens is 1. The second kappa shape index (κ2) is 6.19. The van der Waals surface area contributed by atoms with E-state index in [-0.39, 0.29) is 46.5 Å². The molecule has 0 bridgehead atoms. The van der Waals surface area contributed by atoms with Crippen LogP contribution in [-0.4, -0.2) is 44.6 Å². The molecule has 3 fully saturated rings. The van der Waals surface area contributed by atoms with Gasteiger partial charge in [0.2, 0.25) is 0 Å². The molecule has 5 nitrogen and oxygen atoms in total. The summed E-state index contributed by atoms with van der Waals surface area (Å²) in [5, 5.41) is 20.9. The maximum Gasteiger partial charge on any atom is 0.190 e. The molecular weight excluding hydrogens is 424 g/mol. The Morgan fingerprint density at radius 2 is 1.96 bits per heavy atom. The number of carbonyl (C=O) groups excluding carboxylic acids is 3. The number of alkyl halides is 1. The van der Waals surface area contributed by atoms with Gasteiger partial charge in [0.25, 0.3) is 0 Å². The van der Waals surface area contributed by atoms with E-state index in [9.17, 15) is 24.6 Å². The summed E-state index contributed by atoms with van der Waals surface area (Å²) in [7, 11) is 0. The monoisotopic (exact) mass is 450 g/mol. The molecule has 0 aromatic carbocycles. The molecule has 0 aromatic heterocycles. The Bertz CT molecular complexity index is 831. The van der Waals surface area contributed by atoms with Crippen LogP contribution in [0.1, 0.15) is 40.0 Å². The molecule has 4 aliphatic carbocycles. The molecule has 6 heteroatoms. The zero-order chi connectivity index (χ0) is 20.6. The molecule has 4 rings (SSSR count). The van der Waals surface area contributed by atoms with Gasteiger partial charge in [-0.3, -0.25) is 14.4 Å². The third kappa shape index (κ3) is 2.28. The quantitative estimate of drug-likeness (QED) is 0.630. The molecule has 3 saturated carbocycles. The Kier molecular flexibility index (Phi) is 4.46. The summed E-state index contributed by atoms with van der Waals surface area (Å²) in [4.78, 5) is 38.0. The molecule has 0 spiro atoms. The molecular formula is C22H27BrO5. The molecule has 4 aliphatic rings. The van der Waals surface area contributed by atoms with E-state index in [0.29, 0.717) is 12.8 Å². The van der Waals surface area contributed by atoms with Crippen LogP contribution in [0, 0.1) is 34.5 Å². The van der Waals surface area contributed by atoms with E-state index in [1.807, 2.05) is 26.8 Å². The second-order valence-corrected chi connectivity index (χ2v) is 10.7. The van der Waals surface area contributed by atoms with Gasteiger partial charge in [-0.05, 0) is 48.3 Å². The fourth-order valence-corrected chi connectivity index (χ4v) is 8.15. The Balaban J connectivity index is 1.82. The van der Waals surface area contributed by atoms with Gasteiger partial charge < -0.3 is 10.2 Å². The van der Waals surface area contributed by atoms with Crippen molar-refractivity contribution in [3.63, 3.8) is 0 Å². The smallest absolute Gasteiger partial charge is 0.190 e.